The first-order chi connectivity index (χ1) is 7.11. The quantitative estimate of drug-likeness (QED) is 0.420. The third-order valence-electron chi connectivity index (χ3n) is 2.41. The molecule has 0 spiro atoms. The van der Waals surface area contributed by atoms with Crippen LogP contribution in [0.4, 0.5) is 0 Å². The maximum atomic E-state index is 10.9. The number of nitrogens with zero attached hydrogens (tertiary/aromatic N) is 1. The smallest absolute Gasteiger partial charge is 0.258 e. The largest absolute Gasteiger partial charge is 0.274 e. The lowest BCUT2D eigenvalue weighted by Crippen LogP contribution is -2.22. The normalized spacial score (nSPS) is 28.8. The van der Waals surface area contributed by atoms with Gasteiger partial charge >= 0.3 is 0 Å². The Labute approximate surface area is 104 Å². The van der Waals surface area contributed by atoms with Crippen molar-refractivity contribution in [3.63, 3.8) is 0 Å². The molecule has 0 aromatic carbocycles. The summed E-state index contributed by atoms with van der Waals surface area (Å²) in [4.78, 5) is 10.6. The van der Waals surface area contributed by atoms with Gasteiger partial charge in [-0.3, -0.25) is 10.1 Å². The molecule has 2 aliphatic carbocycles. The predicted octanol–water partition coefficient (Wildman–Crippen LogP) is 3.32. The molecule has 0 saturated carbocycles. The van der Waals surface area contributed by atoms with E-state index < -0.39 is 0 Å². The van der Waals surface area contributed by atoms with Crippen LogP contribution >= 0.6 is 31.9 Å². The maximum absolute atomic E-state index is 10.9. The SMILES string of the molecule is O=[N+]([O-])C1=CC=CC2C1=C(Br)C=CC2Br. The number of allylic oxidation sites excluding steroid dienone is 7. The highest BCUT2D eigenvalue weighted by Gasteiger charge is 2.33. The summed E-state index contributed by atoms with van der Waals surface area (Å²) in [6.07, 6.45) is 9.06. The van der Waals surface area contributed by atoms with Gasteiger partial charge in [0.25, 0.3) is 5.70 Å². The summed E-state index contributed by atoms with van der Waals surface area (Å²) >= 11 is 6.85. The van der Waals surface area contributed by atoms with Crippen molar-refractivity contribution in [3.05, 3.63) is 56.2 Å². The number of fused-ring (bicyclic) bond motifs is 1. The molecule has 0 heterocycles. The van der Waals surface area contributed by atoms with Crippen molar-refractivity contribution in [1.29, 1.82) is 0 Å². The van der Waals surface area contributed by atoms with E-state index in [1.807, 2.05) is 18.2 Å². The molecule has 78 valence electrons. The summed E-state index contributed by atoms with van der Waals surface area (Å²) in [7, 11) is 0. The van der Waals surface area contributed by atoms with Gasteiger partial charge in [0.1, 0.15) is 0 Å². The molecule has 2 unspecified atom stereocenters. The van der Waals surface area contributed by atoms with E-state index in [0.717, 1.165) is 10.1 Å². The molecule has 0 N–H and O–H groups in total. The average molecular weight is 333 g/mol. The number of alkyl halides is 1. The van der Waals surface area contributed by atoms with Crippen LogP contribution in [-0.2, 0) is 0 Å². The Morgan fingerprint density at radius 3 is 2.80 bits per heavy atom. The molecule has 0 aliphatic heterocycles. The predicted molar refractivity (Wildman–Crippen MR) is 65.5 cm³/mol. The summed E-state index contributed by atoms with van der Waals surface area (Å²) in [5, 5.41) is 10.9. The second-order valence-corrected chi connectivity index (χ2v) is 5.20. The Kier molecular flexibility index (Phi) is 2.93. The molecule has 0 amide bonds. The number of hydrogen-bond donors (Lipinski definition) is 0. The minimum Gasteiger partial charge on any atom is -0.258 e. The van der Waals surface area contributed by atoms with Gasteiger partial charge < -0.3 is 0 Å². The van der Waals surface area contributed by atoms with Crippen LogP contribution in [0.3, 0.4) is 0 Å². The first-order valence-electron chi connectivity index (χ1n) is 4.36. The first kappa shape index (κ1) is 10.8. The Balaban J connectivity index is 2.53. The zero-order valence-corrected chi connectivity index (χ0v) is 10.7. The minimum atomic E-state index is -0.341. The van der Waals surface area contributed by atoms with Crippen LogP contribution < -0.4 is 0 Å². The van der Waals surface area contributed by atoms with Crippen LogP contribution in [0.25, 0.3) is 0 Å². The third-order valence-corrected chi connectivity index (χ3v) is 3.97. The molecule has 0 radical (unpaired) electrons. The molecular weight excluding hydrogens is 326 g/mol. The van der Waals surface area contributed by atoms with Crippen molar-refractivity contribution in [1.82, 2.24) is 0 Å². The van der Waals surface area contributed by atoms with E-state index in [1.165, 1.54) is 6.08 Å². The van der Waals surface area contributed by atoms with Gasteiger partial charge in [-0.05, 0) is 0 Å². The maximum Gasteiger partial charge on any atom is 0.274 e. The van der Waals surface area contributed by atoms with E-state index in [0.29, 0.717) is 0 Å². The summed E-state index contributed by atoms with van der Waals surface area (Å²) in [6, 6.07) is 0. The average Bonchev–Trinajstić information content (AvgIpc) is 2.23. The monoisotopic (exact) mass is 331 g/mol. The summed E-state index contributed by atoms with van der Waals surface area (Å²) in [6.45, 7) is 0. The lowest BCUT2D eigenvalue weighted by Gasteiger charge is -2.24. The van der Waals surface area contributed by atoms with Crippen LogP contribution in [0.15, 0.2) is 46.1 Å². The lowest BCUT2D eigenvalue weighted by atomic mass is 9.86. The van der Waals surface area contributed by atoms with Gasteiger partial charge in [0.05, 0.1) is 10.5 Å². The van der Waals surface area contributed by atoms with Gasteiger partial charge in [0.2, 0.25) is 0 Å². The molecule has 15 heavy (non-hydrogen) atoms. The molecule has 0 fully saturated rings. The van der Waals surface area contributed by atoms with Crippen molar-refractivity contribution in [2.24, 2.45) is 5.92 Å². The van der Waals surface area contributed by atoms with E-state index in [-0.39, 0.29) is 21.4 Å². The molecular formula is C10H7Br2NO2. The second kappa shape index (κ2) is 4.06. The Bertz CT molecular complexity index is 435. The Hall–Kier alpha value is -0.680. The van der Waals surface area contributed by atoms with Crippen molar-refractivity contribution < 1.29 is 4.92 Å². The highest BCUT2D eigenvalue weighted by molar-refractivity contribution is 9.12. The van der Waals surface area contributed by atoms with Gasteiger partial charge in [-0.2, -0.15) is 0 Å². The van der Waals surface area contributed by atoms with E-state index in [9.17, 15) is 10.1 Å². The van der Waals surface area contributed by atoms with Crippen LogP contribution in [0.2, 0.25) is 0 Å². The van der Waals surface area contributed by atoms with E-state index in [1.54, 1.807) is 6.08 Å². The molecule has 2 aliphatic rings. The van der Waals surface area contributed by atoms with Crippen LogP contribution in [0.1, 0.15) is 0 Å². The molecule has 0 aromatic heterocycles. The van der Waals surface area contributed by atoms with E-state index in [4.69, 9.17) is 0 Å². The van der Waals surface area contributed by atoms with Gasteiger partial charge in [-0.15, -0.1) is 0 Å². The fourth-order valence-corrected chi connectivity index (χ4v) is 2.93. The van der Waals surface area contributed by atoms with Crippen LogP contribution in [0.5, 0.6) is 0 Å². The first-order valence-corrected chi connectivity index (χ1v) is 6.07. The van der Waals surface area contributed by atoms with Gasteiger partial charge in [0, 0.05) is 21.3 Å². The van der Waals surface area contributed by atoms with Gasteiger partial charge in [-0.25, -0.2) is 0 Å². The van der Waals surface area contributed by atoms with E-state index in [2.05, 4.69) is 31.9 Å². The van der Waals surface area contributed by atoms with Crippen molar-refractivity contribution in [2.45, 2.75) is 4.83 Å². The van der Waals surface area contributed by atoms with Crippen LogP contribution in [0, 0.1) is 16.0 Å². The highest BCUT2D eigenvalue weighted by Crippen LogP contribution is 2.39. The summed E-state index contributed by atoms with van der Waals surface area (Å²) in [5.41, 5.74) is 0.912. The molecule has 3 nitrogen and oxygen atoms in total. The van der Waals surface area contributed by atoms with Crippen molar-refractivity contribution in [2.75, 3.05) is 0 Å². The summed E-state index contributed by atoms with van der Waals surface area (Å²) in [5.74, 6) is 0.0368. The third kappa shape index (κ3) is 1.86. The van der Waals surface area contributed by atoms with Gasteiger partial charge in [-0.1, -0.05) is 56.2 Å². The Morgan fingerprint density at radius 2 is 2.13 bits per heavy atom. The summed E-state index contributed by atoms with van der Waals surface area (Å²) < 4.78 is 0.788. The topological polar surface area (TPSA) is 43.1 Å². The molecule has 0 aromatic rings. The van der Waals surface area contributed by atoms with Crippen LogP contribution in [-0.4, -0.2) is 9.75 Å². The molecule has 5 heteroatoms. The fraction of sp³-hybridized carbons (Fsp3) is 0.200. The number of rotatable bonds is 1. The molecule has 0 bridgehead atoms. The lowest BCUT2D eigenvalue weighted by molar-refractivity contribution is -0.421. The number of halogens is 2. The second-order valence-electron chi connectivity index (χ2n) is 3.28. The standard InChI is InChI=1S/C10H7Br2NO2/c11-7-4-5-8(12)10-6(7)2-1-3-9(10)13(14)15/h1-7H. The zero-order chi connectivity index (χ0) is 11.0. The van der Waals surface area contributed by atoms with Crippen molar-refractivity contribution in [3.8, 4) is 0 Å². The molecule has 2 rings (SSSR count). The van der Waals surface area contributed by atoms with E-state index >= 15 is 0 Å². The zero-order valence-electron chi connectivity index (χ0n) is 7.56. The number of hydrogen-bond acceptors (Lipinski definition) is 2. The van der Waals surface area contributed by atoms with Gasteiger partial charge in [0.15, 0.2) is 0 Å². The molecule has 2 atom stereocenters. The highest BCUT2D eigenvalue weighted by atomic mass is 79.9. The minimum absolute atomic E-state index is 0.0368. The Morgan fingerprint density at radius 1 is 1.40 bits per heavy atom. The fourth-order valence-electron chi connectivity index (χ4n) is 1.72. The van der Waals surface area contributed by atoms with Crippen molar-refractivity contribution >= 4 is 31.9 Å². The number of nitro groups is 1. The molecule has 0 saturated heterocycles.